The monoisotopic (exact) mass is 353 g/mol. The fourth-order valence-electron chi connectivity index (χ4n) is 3.10. The van der Waals surface area contributed by atoms with Gasteiger partial charge in [-0.25, -0.2) is 0 Å². The highest BCUT2D eigenvalue weighted by atomic mass is 16.5. The molecule has 2 unspecified atom stereocenters. The Morgan fingerprint density at radius 2 is 2.08 bits per heavy atom. The Balaban J connectivity index is 2.15. The van der Waals surface area contributed by atoms with Crippen LogP contribution in [0.5, 0.6) is 11.5 Å². The Morgan fingerprint density at radius 1 is 1.31 bits per heavy atom. The van der Waals surface area contributed by atoms with Crippen molar-refractivity contribution in [2.24, 2.45) is 5.92 Å². The molecule has 1 amide bonds. The summed E-state index contributed by atoms with van der Waals surface area (Å²) in [5.74, 6) is 0.942. The zero-order valence-electron chi connectivity index (χ0n) is 15.1. The van der Waals surface area contributed by atoms with Gasteiger partial charge in [-0.2, -0.15) is 10.5 Å². The second-order valence-electron chi connectivity index (χ2n) is 6.37. The molecule has 2 rings (SSSR count). The molecule has 0 spiro atoms. The molecule has 136 valence electrons. The minimum Gasteiger partial charge on any atom is -0.493 e. The average molecular weight is 353 g/mol. The number of amides is 1. The topological polar surface area (TPSA) is 95.1 Å². The van der Waals surface area contributed by atoms with Crippen molar-refractivity contribution in [2.45, 2.75) is 38.6 Å². The van der Waals surface area contributed by atoms with E-state index in [0.717, 1.165) is 19.3 Å². The number of nitrogens with zero attached hydrogens (tertiary/aromatic N) is 2. The van der Waals surface area contributed by atoms with E-state index < -0.39 is 0 Å². The lowest BCUT2D eigenvalue weighted by molar-refractivity contribution is -0.118. The molecule has 1 N–H and O–H groups in total. The lowest BCUT2D eigenvalue weighted by Crippen LogP contribution is -2.41. The highest BCUT2D eigenvalue weighted by molar-refractivity contribution is 6.01. The molecule has 0 saturated heterocycles. The predicted octanol–water partition coefficient (Wildman–Crippen LogP) is 3.20. The van der Waals surface area contributed by atoms with Crippen LogP contribution < -0.4 is 14.8 Å². The van der Waals surface area contributed by atoms with Crippen LogP contribution in [0.3, 0.4) is 0 Å². The summed E-state index contributed by atoms with van der Waals surface area (Å²) in [7, 11) is 1.49. The summed E-state index contributed by atoms with van der Waals surface area (Å²) < 4.78 is 10.5. The van der Waals surface area contributed by atoms with Gasteiger partial charge < -0.3 is 14.8 Å². The average Bonchev–Trinajstić information content (AvgIpc) is 2.66. The fraction of sp³-hybridized carbons (Fsp3) is 0.450. The molecular weight excluding hydrogens is 330 g/mol. The lowest BCUT2D eigenvalue weighted by Gasteiger charge is -2.29. The van der Waals surface area contributed by atoms with E-state index in [2.05, 4.69) is 12.2 Å². The minimum atomic E-state index is -0.352. The van der Waals surface area contributed by atoms with Crippen LogP contribution in [0.25, 0.3) is 6.08 Å². The van der Waals surface area contributed by atoms with Crippen molar-refractivity contribution in [1.29, 1.82) is 10.5 Å². The number of nitrogens with one attached hydrogen (secondary N) is 1. The molecule has 0 aromatic heterocycles. The molecule has 1 fully saturated rings. The van der Waals surface area contributed by atoms with E-state index in [-0.39, 0.29) is 24.1 Å². The van der Waals surface area contributed by atoms with Gasteiger partial charge in [-0.3, -0.25) is 4.79 Å². The van der Waals surface area contributed by atoms with Crippen molar-refractivity contribution in [1.82, 2.24) is 5.32 Å². The van der Waals surface area contributed by atoms with Gasteiger partial charge in [0.1, 0.15) is 17.7 Å². The first-order valence-electron chi connectivity index (χ1n) is 8.69. The fourth-order valence-corrected chi connectivity index (χ4v) is 3.10. The summed E-state index contributed by atoms with van der Waals surface area (Å²) in [6.07, 6.45) is 5.86. The van der Waals surface area contributed by atoms with Crippen LogP contribution in [-0.2, 0) is 4.79 Å². The minimum absolute atomic E-state index is 0.0514. The molecule has 2 atom stereocenters. The number of hydrogen-bond acceptors (Lipinski definition) is 5. The molecule has 1 saturated carbocycles. The largest absolute Gasteiger partial charge is 0.493 e. The summed E-state index contributed by atoms with van der Waals surface area (Å²) in [5, 5.41) is 21.0. The molecule has 1 aromatic carbocycles. The van der Waals surface area contributed by atoms with Crippen molar-refractivity contribution in [2.75, 3.05) is 13.7 Å². The molecule has 26 heavy (non-hydrogen) atoms. The molecular formula is C20H23N3O3. The van der Waals surface area contributed by atoms with Gasteiger partial charge in [-0.05, 0) is 42.5 Å². The Morgan fingerprint density at radius 3 is 2.73 bits per heavy atom. The van der Waals surface area contributed by atoms with Gasteiger partial charge in [0.2, 0.25) is 0 Å². The number of carbonyl (C=O) groups excluding carboxylic acids is 1. The van der Waals surface area contributed by atoms with Gasteiger partial charge in [0.25, 0.3) is 5.91 Å². The number of ether oxygens (including phenoxy) is 2. The van der Waals surface area contributed by atoms with Crippen molar-refractivity contribution < 1.29 is 14.3 Å². The maximum Gasteiger partial charge on any atom is 0.262 e. The quantitative estimate of drug-likeness (QED) is 0.626. The summed E-state index contributed by atoms with van der Waals surface area (Å²) in [4.78, 5) is 12.5. The Labute approximate surface area is 154 Å². The van der Waals surface area contributed by atoms with Crippen LogP contribution in [0.1, 0.15) is 38.2 Å². The van der Waals surface area contributed by atoms with Crippen LogP contribution in [0.4, 0.5) is 0 Å². The van der Waals surface area contributed by atoms with E-state index in [1.165, 1.54) is 19.6 Å². The van der Waals surface area contributed by atoms with E-state index in [1.807, 2.05) is 12.1 Å². The number of carbonyl (C=O) groups is 1. The van der Waals surface area contributed by atoms with Crippen molar-refractivity contribution >= 4 is 12.0 Å². The highest BCUT2D eigenvalue weighted by Crippen LogP contribution is 2.29. The van der Waals surface area contributed by atoms with Crippen LogP contribution in [0.15, 0.2) is 23.8 Å². The van der Waals surface area contributed by atoms with Crippen LogP contribution in [0.2, 0.25) is 0 Å². The van der Waals surface area contributed by atoms with Crippen molar-refractivity contribution in [3.63, 3.8) is 0 Å². The number of rotatable bonds is 6. The first-order valence-corrected chi connectivity index (χ1v) is 8.69. The van der Waals surface area contributed by atoms with Crippen LogP contribution >= 0.6 is 0 Å². The van der Waals surface area contributed by atoms with Crippen LogP contribution in [-0.4, -0.2) is 25.7 Å². The molecule has 1 aliphatic rings. The molecule has 1 aliphatic carbocycles. The van der Waals surface area contributed by atoms with Crippen molar-refractivity contribution in [3.8, 4) is 23.6 Å². The zero-order chi connectivity index (χ0) is 18.9. The van der Waals surface area contributed by atoms with Gasteiger partial charge in [-0.15, -0.1) is 0 Å². The third-order valence-corrected chi connectivity index (χ3v) is 4.58. The van der Waals surface area contributed by atoms with Crippen LogP contribution in [0, 0.1) is 28.6 Å². The highest BCUT2D eigenvalue weighted by Gasteiger charge is 2.24. The van der Waals surface area contributed by atoms with E-state index in [9.17, 15) is 10.1 Å². The van der Waals surface area contributed by atoms with E-state index in [0.29, 0.717) is 23.0 Å². The third kappa shape index (κ3) is 5.00. The predicted molar refractivity (Wildman–Crippen MR) is 97.3 cm³/mol. The van der Waals surface area contributed by atoms with E-state index >= 15 is 0 Å². The van der Waals surface area contributed by atoms with Gasteiger partial charge in [-0.1, -0.05) is 25.8 Å². The summed E-state index contributed by atoms with van der Waals surface area (Å²) >= 11 is 0. The molecule has 1 aromatic rings. The molecule has 0 radical (unpaired) electrons. The number of nitriles is 2. The van der Waals surface area contributed by atoms with E-state index in [1.54, 1.807) is 18.2 Å². The maximum atomic E-state index is 12.5. The lowest BCUT2D eigenvalue weighted by atomic mass is 9.86. The van der Waals surface area contributed by atoms with Gasteiger partial charge in [0.15, 0.2) is 18.1 Å². The number of hydrogen-bond donors (Lipinski definition) is 1. The second-order valence-corrected chi connectivity index (χ2v) is 6.37. The Kier molecular flexibility index (Phi) is 7.05. The zero-order valence-corrected chi connectivity index (χ0v) is 15.1. The van der Waals surface area contributed by atoms with Crippen molar-refractivity contribution in [3.05, 3.63) is 29.3 Å². The molecule has 0 heterocycles. The normalized spacial score (nSPS) is 19.8. The second kappa shape index (κ2) is 9.48. The number of benzene rings is 1. The van der Waals surface area contributed by atoms with Gasteiger partial charge in [0, 0.05) is 6.04 Å². The SMILES string of the molecule is COc1cc(C=C(C#N)C(=O)NC2CCCCC2C)ccc1OCC#N. The molecule has 6 heteroatoms. The standard InChI is InChI=1S/C20H23N3O3/c1-14-5-3-4-6-17(14)23-20(24)16(13-22)11-15-7-8-18(26-10-9-21)19(12-15)25-2/h7-8,11-12,14,17H,3-6,10H2,1-2H3,(H,23,24). The maximum absolute atomic E-state index is 12.5. The first kappa shape index (κ1) is 19.3. The van der Waals surface area contributed by atoms with Gasteiger partial charge >= 0.3 is 0 Å². The Hall–Kier alpha value is -2.99. The molecule has 6 nitrogen and oxygen atoms in total. The molecule has 0 aliphatic heterocycles. The van der Waals surface area contributed by atoms with Gasteiger partial charge in [0.05, 0.1) is 7.11 Å². The van der Waals surface area contributed by atoms with E-state index in [4.69, 9.17) is 14.7 Å². The summed E-state index contributed by atoms with van der Waals surface area (Å²) in [5.41, 5.74) is 0.699. The summed E-state index contributed by atoms with van der Waals surface area (Å²) in [6, 6.07) is 9.01. The first-order chi connectivity index (χ1) is 12.6. The smallest absolute Gasteiger partial charge is 0.262 e. The molecule has 0 bridgehead atoms. The summed E-state index contributed by atoms with van der Waals surface area (Å²) in [6.45, 7) is 2.04. The Bertz CT molecular complexity index is 759. The third-order valence-electron chi connectivity index (χ3n) is 4.58. The number of methoxy groups -OCH3 is 1.